The lowest BCUT2D eigenvalue weighted by molar-refractivity contribution is -0.124. The van der Waals surface area contributed by atoms with Crippen LogP contribution in [0, 0.1) is 0 Å². The average Bonchev–Trinajstić information content (AvgIpc) is 2.77. The normalized spacial score (nSPS) is 18.3. The minimum absolute atomic E-state index is 0.135. The second-order valence-electron chi connectivity index (χ2n) is 5.89. The zero-order valence-corrected chi connectivity index (χ0v) is 11.9. The molecule has 3 rings (SSSR count). The molecule has 1 aromatic heterocycles. The van der Waals surface area contributed by atoms with Crippen molar-refractivity contribution in [2.24, 2.45) is 12.8 Å². The van der Waals surface area contributed by atoms with Crippen molar-refractivity contribution in [2.75, 3.05) is 0 Å². The first kappa shape index (κ1) is 13.3. The summed E-state index contributed by atoms with van der Waals surface area (Å²) in [6.07, 6.45) is 5.28. The topological polar surface area (TPSA) is 60.9 Å². The van der Waals surface area contributed by atoms with E-state index in [1.54, 1.807) is 0 Å². The number of rotatable bonds is 3. The summed E-state index contributed by atoms with van der Waals surface area (Å²) in [6, 6.07) is 7.95. The lowest BCUT2D eigenvalue weighted by Gasteiger charge is -2.31. The molecule has 0 aliphatic heterocycles. The zero-order chi connectivity index (χ0) is 14.2. The number of imidazole rings is 1. The van der Waals surface area contributed by atoms with E-state index in [0.29, 0.717) is 6.42 Å². The number of Topliss-reactive ketones (excluding diaryl/α,β-unsaturated/α-hetero) is 1. The molecule has 0 unspecified atom stereocenters. The SMILES string of the molecule is Cn1c(CC(=O)C2(N)CCCCC2)nc2ccccc21. The highest BCUT2D eigenvalue weighted by Crippen LogP contribution is 2.28. The third kappa shape index (κ3) is 2.24. The van der Waals surface area contributed by atoms with Crippen molar-refractivity contribution < 1.29 is 4.79 Å². The van der Waals surface area contributed by atoms with E-state index >= 15 is 0 Å². The number of hydrogen-bond donors (Lipinski definition) is 1. The molecule has 0 saturated heterocycles. The Kier molecular flexibility index (Phi) is 3.34. The number of nitrogens with zero attached hydrogens (tertiary/aromatic N) is 2. The van der Waals surface area contributed by atoms with Crippen molar-refractivity contribution in [2.45, 2.75) is 44.1 Å². The van der Waals surface area contributed by atoms with Crippen LogP contribution in [0.3, 0.4) is 0 Å². The molecule has 0 bridgehead atoms. The number of para-hydroxylation sites is 2. The van der Waals surface area contributed by atoms with Crippen LogP contribution in [-0.4, -0.2) is 20.9 Å². The Balaban J connectivity index is 1.85. The molecule has 4 nitrogen and oxygen atoms in total. The maximum Gasteiger partial charge on any atom is 0.160 e. The first-order valence-electron chi connectivity index (χ1n) is 7.33. The summed E-state index contributed by atoms with van der Waals surface area (Å²) in [4.78, 5) is 17.1. The lowest BCUT2D eigenvalue weighted by atomic mass is 9.78. The van der Waals surface area contributed by atoms with Gasteiger partial charge in [-0.25, -0.2) is 4.98 Å². The van der Waals surface area contributed by atoms with Crippen LogP contribution in [0.1, 0.15) is 37.9 Å². The van der Waals surface area contributed by atoms with Crippen LogP contribution < -0.4 is 5.73 Å². The Hall–Kier alpha value is -1.68. The number of aryl methyl sites for hydroxylation is 1. The van der Waals surface area contributed by atoms with Gasteiger partial charge in [-0.2, -0.15) is 0 Å². The van der Waals surface area contributed by atoms with Gasteiger partial charge >= 0.3 is 0 Å². The molecule has 0 atom stereocenters. The Morgan fingerprint density at radius 1 is 1.30 bits per heavy atom. The second kappa shape index (κ2) is 5.02. The van der Waals surface area contributed by atoms with Crippen LogP contribution in [0.15, 0.2) is 24.3 Å². The molecule has 1 aliphatic carbocycles. The Labute approximate surface area is 119 Å². The van der Waals surface area contributed by atoms with Crippen LogP contribution in [0.5, 0.6) is 0 Å². The minimum Gasteiger partial charge on any atom is -0.331 e. The van der Waals surface area contributed by atoms with Gasteiger partial charge in [0, 0.05) is 7.05 Å². The summed E-state index contributed by atoms with van der Waals surface area (Å²) < 4.78 is 2.00. The summed E-state index contributed by atoms with van der Waals surface area (Å²) in [5, 5.41) is 0. The maximum absolute atomic E-state index is 12.5. The zero-order valence-electron chi connectivity index (χ0n) is 11.9. The van der Waals surface area contributed by atoms with Gasteiger partial charge < -0.3 is 10.3 Å². The molecule has 1 saturated carbocycles. The molecule has 0 radical (unpaired) electrons. The summed E-state index contributed by atoms with van der Waals surface area (Å²) in [7, 11) is 1.96. The van der Waals surface area contributed by atoms with Crippen LogP contribution in [0.25, 0.3) is 11.0 Å². The number of hydrogen-bond acceptors (Lipinski definition) is 3. The Morgan fingerprint density at radius 2 is 2.00 bits per heavy atom. The number of aromatic nitrogens is 2. The van der Waals surface area contributed by atoms with Gasteiger partial charge in [0.1, 0.15) is 5.82 Å². The average molecular weight is 271 g/mol. The quantitative estimate of drug-likeness (QED) is 0.932. The standard InChI is InChI=1S/C16H21N3O/c1-19-13-8-4-3-7-12(13)18-15(19)11-14(20)16(17)9-5-2-6-10-16/h3-4,7-8H,2,5-6,9-11,17H2,1H3. The highest BCUT2D eigenvalue weighted by Gasteiger charge is 2.35. The van der Waals surface area contributed by atoms with Crippen molar-refractivity contribution in [3.63, 3.8) is 0 Å². The fraction of sp³-hybridized carbons (Fsp3) is 0.500. The van der Waals surface area contributed by atoms with E-state index in [0.717, 1.165) is 42.5 Å². The van der Waals surface area contributed by atoms with E-state index in [1.165, 1.54) is 6.42 Å². The molecule has 0 amide bonds. The molecule has 0 spiro atoms. The summed E-state index contributed by atoms with van der Waals surface area (Å²) in [6.45, 7) is 0. The molecule has 1 heterocycles. The third-order valence-corrected chi connectivity index (χ3v) is 4.50. The van der Waals surface area contributed by atoms with Crippen molar-refractivity contribution in [3.05, 3.63) is 30.1 Å². The predicted molar refractivity (Wildman–Crippen MR) is 79.4 cm³/mol. The first-order valence-corrected chi connectivity index (χ1v) is 7.33. The highest BCUT2D eigenvalue weighted by molar-refractivity contribution is 5.90. The van der Waals surface area contributed by atoms with Gasteiger partial charge in [-0.15, -0.1) is 0 Å². The molecule has 2 aromatic rings. The fourth-order valence-corrected chi connectivity index (χ4v) is 3.13. The molecular formula is C16H21N3O. The molecule has 106 valence electrons. The van der Waals surface area contributed by atoms with E-state index in [9.17, 15) is 4.79 Å². The monoisotopic (exact) mass is 271 g/mol. The smallest absolute Gasteiger partial charge is 0.160 e. The molecule has 1 aromatic carbocycles. The predicted octanol–water partition coefficient (Wildman–Crippen LogP) is 2.35. The van der Waals surface area contributed by atoms with Crippen LogP contribution in [-0.2, 0) is 18.3 Å². The minimum atomic E-state index is -0.629. The maximum atomic E-state index is 12.5. The van der Waals surface area contributed by atoms with Crippen LogP contribution >= 0.6 is 0 Å². The Morgan fingerprint density at radius 3 is 2.70 bits per heavy atom. The molecular weight excluding hydrogens is 250 g/mol. The number of carbonyl (C=O) groups excluding carboxylic acids is 1. The largest absolute Gasteiger partial charge is 0.331 e. The summed E-state index contributed by atoms with van der Waals surface area (Å²) in [5.74, 6) is 0.946. The van der Waals surface area contributed by atoms with Gasteiger partial charge in [-0.1, -0.05) is 31.4 Å². The number of ketones is 1. The van der Waals surface area contributed by atoms with Gasteiger partial charge in [0.15, 0.2) is 5.78 Å². The summed E-state index contributed by atoms with van der Waals surface area (Å²) >= 11 is 0. The van der Waals surface area contributed by atoms with Crippen molar-refractivity contribution in [1.82, 2.24) is 9.55 Å². The van der Waals surface area contributed by atoms with E-state index in [2.05, 4.69) is 4.98 Å². The number of benzene rings is 1. The Bertz CT molecular complexity index is 638. The van der Waals surface area contributed by atoms with Crippen molar-refractivity contribution >= 4 is 16.8 Å². The van der Waals surface area contributed by atoms with E-state index in [1.807, 2.05) is 35.9 Å². The number of fused-ring (bicyclic) bond motifs is 1. The molecule has 1 fully saturated rings. The first-order chi connectivity index (χ1) is 9.60. The van der Waals surface area contributed by atoms with Gasteiger partial charge in [-0.05, 0) is 25.0 Å². The van der Waals surface area contributed by atoms with Gasteiger partial charge in [0.25, 0.3) is 0 Å². The van der Waals surface area contributed by atoms with Crippen LogP contribution in [0.4, 0.5) is 0 Å². The third-order valence-electron chi connectivity index (χ3n) is 4.50. The molecule has 20 heavy (non-hydrogen) atoms. The van der Waals surface area contributed by atoms with Gasteiger partial charge in [-0.3, -0.25) is 4.79 Å². The number of carbonyl (C=O) groups is 1. The van der Waals surface area contributed by atoms with Crippen molar-refractivity contribution in [3.8, 4) is 0 Å². The number of nitrogens with two attached hydrogens (primary N) is 1. The molecule has 2 N–H and O–H groups in total. The second-order valence-corrected chi connectivity index (χ2v) is 5.89. The fourth-order valence-electron chi connectivity index (χ4n) is 3.13. The summed E-state index contributed by atoms with van der Waals surface area (Å²) in [5.41, 5.74) is 7.68. The molecule has 4 heteroatoms. The van der Waals surface area contributed by atoms with Gasteiger partial charge in [0.05, 0.1) is 23.0 Å². The highest BCUT2D eigenvalue weighted by atomic mass is 16.1. The lowest BCUT2D eigenvalue weighted by Crippen LogP contribution is -2.50. The van der Waals surface area contributed by atoms with E-state index in [-0.39, 0.29) is 5.78 Å². The van der Waals surface area contributed by atoms with Gasteiger partial charge in [0.2, 0.25) is 0 Å². The van der Waals surface area contributed by atoms with E-state index in [4.69, 9.17) is 5.73 Å². The van der Waals surface area contributed by atoms with E-state index < -0.39 is 5.54 Å². The van der Waals surface area contributed by atoms with Crippen molar-refractivity contribution in [1.29, 1.82) is 0 Å². The van der Waals surface area contributed by atoms with Crippen LogP contribution in [0.2, 0.25) is 0 Å². The molecule has 1 aliphatic rings.